The Labute approximate surface area is 87.7 Å². The van der Waals surface area contributed by atoms with Crippen LogP contribution in [0.1, 0.15) is 18.1 Å². The van der Waals surface area contributed by atoms with Gasteiger partial charge in [0.15, 0.2) is 0 Å². The van der Waals surface area contributed by atoms with Crippen LogP contribution >= 0.6 is 0 Å². The molecule has 0 amide bonds. The third kappa shape index (κ3) is 1.86. The van der Waals surface area contributed by atoms with E-state index in [0.717, 1.165) is 22.9 Å². The van der Waals surface area contributed by atoms with Crippen LogP contribution in [0.4, 0.5) is 0 Å². The normalized spacial score (nSPS) is 10.7. The Balaban J connectivity index is 2.47. The van der Waals surface area contributed by atoms with Gasteiger partial charge in [-0.15, -0.1) is 0 Å². The molecule has 2 rings (SSSR count). The van der Waals surface area contributed by atoms with Gasteiger partial charge in [0.05, 0.1) is 6.42 Å². The predicted molar refractivity (Wildman–Crippen MR) is 59.0 cm³/mol. The molecule has 3 nitrogen and oxygen atoms in total. The minimum Gasteiger partial charge on any atom is -0.481 e. The average molecular weight is 203 g/mol. The molecule has 78 valence electrons. The van der Waals surface area contributed by atoms with Crippen molar-refractivity contribution < 1.29 is 9.90 Å². The highest BCUT2D eigenvalue weighted by molar-refractivity contribution is 5.87. The Hall–Kier alpha value is -1.77. The van der Waals surface area contributed by atoms with E-state index in [4.69, 9.17) is 5.11 Å². The summed E-state index contributed by atoms with van der Waals surface area (Å²) in [6.45, 7) is 2.10. The number of carboxylic acid groups (broad SMARTS) is 1. The lowest BCUT2D eigenvalue weighted by molar-refractivity contribution is -0.136. The highest BCUT2D eigenvalue weighted by atomic mass is 16.4. The first-order valence-electron chi connectivity index (χ1n) is 5.01. The monoisotopic (exact) mass is 203 g/mol. The summed E-state index contributed by atoms with van der Waals surface area (Å²) in [7, 11) is 0. The van der Waals surface area contributed by atoms with Crippen LogP contribution in [0, 0.1) is 0 Å². The number of fused-ring (bicyclic) bond motifs is 1. The number of aromatic nitrogens is 1. The van der Waals surface area contributed by atoms with Crippen molar-refractivity contribution in [2.75, 3.05) is 0 Å². The summed E-state index contributed by atoms with van der Waals surface area (Å²) < 4.78 is 0. The van der Waals surface area contributed by atoms with Gasteiger partial charge >= 0.3 is 5.97 Å². The first-order chi connectivity index (χ1) is 7.20. The summed E-state index contributed by atoms with van der Waals surface area (Å²) in [5.41, 5.74) is 3.12. The van der Waals surface area contributed by atoms with Crippen molar-refractivity contribution >= 4 is 16.9 Å². The van der Waals surface area contributed by atoms with Crippen molar-refractivity contribution in [1.29, 1.82) is 0 Å². The molecule has 0 unspecified atom stereocenters. The van der Waals surface area contributed by atoms with Crippen LogP contribution in [0.2, 0.25) is 0 Å². The fraction of sp³-hybridized carbons (Fsp3) is 0.250. The van der Waals surface area contributed by atoms with Crippen molar-refractivity contribution in [3.05, 3.63) is 35.5 Å². The molecule has 0 spiro atoms. The molecule has 0 aliphatic heterocycles. The largest absolute Gasteiger partial charge is 0.481 e. The summed E-state index contributed by atoms with van der Waals surface area (Å²) in [4.78, 5) is 13.7. The standard InChI is InChI=1S/C12H13NO2/c1-2-8-3-4-10-9(6-12(14)15)7-13-11(10)5-8/h3-5,7,13H,2,6H2,1H3,(H,14,15). The zero-order valence-electron chi connectivity index (χ0n) is 8.58. The lowest BCUT2D eigenvalue weighted by Gasteiger charge is -1.98. The molecule has 0 bridgehead atoms. The van der Waals surface area contributed by atoms with E-state index in [1.165, 1.54) is 5.56 Å². The van der Waals surface area contributed by atoms with E-state index in [9.17, 15) is 4.79 Å². The van der Waals surface area contributed by atoms with Crippen LogP contribution in [0.25, 0.3) is 10.9 Å². The lowest BCUT2D eigenvalue weighted by atomic mass is 10.1. The number of carbonyl (C=O) groups is 1. The van der Waals surface area contributed by atoms with Gasteiger partial charge in [-0.25, -0.2) is 0 Å². The molecule has 15 heavy (non-hydrogen) atoms. The van der Waals surface area contributed by atoms with Crippen molar-refractivity contribution in [3.63, 3.8) is 0 Å². The van der Waals surface area contributed by atoms with Crippen LogP contribution in [-0.4, -0.2) is 16.1 Å². The summed E-state index contributed by atoms with van der Waals surface area (Å²) >= 11 is 0. The Morgan fingerprint density at radius 2 is 2.27 bits per heavy atom. The smallest absolute Gasteiger partial charge is 0.307 e. The van der Waals surface area contributed by atoms with E-state index in [1.807, 2.05) is 12.1 Å². The van der Waals surface area contributed by atoms with Crippen LogP contribution in [0.15, 0.2) is 24.4 Å². The molecule has 2 N–H and O–H groups in total. The number of hydrogen-bond acceptors (Lipinski definition) is 1. The topological polar surface area (TPSA) is 53.1 Å². The number of hydrogen-bond donors (Lipinski definition) is 2. The number of aryl methyl sites for hydroxylation is 1. The molecular weight excluding hydrogens is 190 g/mol. The molecule has 2 aromatic rings. The third-order valence-corrected chi connectivity index (χ3v) is 2.58. The van der Waals surface area contributed by atoms with E-state index in [2.05, 4.69) is 18.0 Å². The van der Waals surface area contributed by atoms with Crippen molar-refractivity contribution in [2.45, 2.75) is 19.8 Å². The fourth-order valence-corrected chi connectivity index (χ4v) is 1.76. The van der Waals surface area contributed by atoms with Gasteiger partial charge in [-0.2, -0.15) is 0 Å². The van der Waals surface area contributed by atoms with Gasteiger partial charge in [0.2, 0.25) is 0 Å². The second kappa shape index (κ2) is 3.77. The highest BCUT2D eigenvalue weighted by Gasteiger charge is 2.07. The van der Waals surface area contributed by atoms with Crippen molar-refractivity contribution in [2.24, 2.45) is 0 Å². The number of rotatable bonds is 3. The molecule has 0 saturated carbocycles. The quantitative estimate of drug-likeness (QED) is 0.804. The Kier molecular flexibility index (Phi) is 2.46. The minimum absolute atomic E-state index is 0.0749. The molecule has 0 fully saturated rings. The zero-order valence-corrected chi connectivity index (χ0v) is 8.58. The molecule has 1 aromatic heterocycles. The van der Waals surface area contributed by atoms with Gasteiger partial charge in [0.1, 0.15) is 0 Å². The number of benzene rings is 1. The number of H-pyrrole nitrogens is 1. The van der Waals surface area contributed by atoms with Crippen LogP contribution < -0.4 is 0 Å². The molecule has 3 heteroatoms. The third-order valence-electron chi connectivity index (χ3n) is 2.58. The second-order valence-electron chi connectivity index (χ2n) is 3.62. The second-order valence-corrected chi connectivity index (χ2v) is 3.62. The average Bonchev–Trinajstić information content (AvgIpc) is 2.60. The maximum Gasteiger partial charge on any atom is 0.307 e. The number of aromatic amines is 1. The van der Waals surface area contributed by atoms with Gasteiger partial charge in [-0.1, -0.05) is 19.1 Å². The van der Waals surface area contributed by atoms with E-state index in [0.29, 0.717) is 0 Å². The van der Waals surface area contributed by atoms with Gasteiger partial charge < -0.3 is 10.1 Å². The molecule has 0 aliphatic rings. The molecule has 0 saturated heterocycles. The first kappa shape index (κ1) is 9.77. The number of carboxylic acids is 1. The van der Waals surface area contributed by atoms with Crippen LogP contribution in [0.5, 0.6) is 0 Å². The lowest BCUT2D eigenvalue weighted by Crippen LogP contribution is -1.98. The summed E-state index contributed by atoms with van der Waals surface area (Å²) in [5.74, 6) is -0.796. The predicted octanol–water partition coefficient (Wildman–Crippen LogP) is 2.36. The highest BCUT2D eigenvalue weighted by Crippen LogP contribution is 2.20. The van der Waals surface area contributed by atoms with Crippen molar-refractivity contribution in [3.8, 4) is 0 Å². The van der Waals surface area contributed by atoms with E-state index in [1.54, 1.807) is 6.20 Å². The molecule has 1 aromatic carbocycles. The molecular formula is C12H13NO2. The summed E-state index contributed by atoms with van der Waals surface area (Å²) in [5, 5.41) is 9.74. The van der Waals surface area contributed by atoms with Gasteiger partial charge in [0.25, 0.3) is 0 Å². The Morgan fingerprint density at radius 3 is 2.93 bits per heavy atom. The van der Waals surface area contributed by atoms with Crippen LogP contribution in [-0.2, 0) is 17.6 Å². The van der Waals surface area contributed by atoms with E-state index in [-0.39, 0.29) is 6.42 Å². The first-order valence-corrected chi connectivity index (χ1v) is 5.01. The SMILES string of the molecule is CCc1ccc2c(CC(=O)O)c[nH]c2c1. The summed E-state index contributed by atoms with van der Waals surface area (Å²) in [6, 6.07) is 6.10. The Bertz CT molecular complexity index is 499. The molecule has 1 heterocycles. The van der Waals surface area contributed by atoms with E-state index >= 15 is 0 Å². The van der Waals surface area contributed by atoms with Gasteiger partial charge in [-0.05, 0) is 23.6 Å². The van der Waals surface area contributed by atoms with Crippen molar-refractivity contribution in [1.82, 2.24) is 4.98 Å². The maximum absolute atomic E-state index is 10.6. The minimum atomic E-state index is -0.796. The fourth-order valence-electron chi connectivity index (χ4n) is 1.76. The van der Waals surface area contributed by atoms with E-state index < -0.39 is 5.97 Å². The molecule has 0 aliphatic carbocycles. The molecule has 0 atom stereocenters. The number of aliphatic carboxylic acids is 1. The summed E-state index contributed by atoms with van der Waals surface area (Å²) in [6.07, 6.45) is 2.84. The van der Waals surface area contributed by atoms with Gasteiger partial charge in [0, 0.05) is 17.1 Å². The number of nitrogens with one attached hydrogen (secondary N) is 1. The zero-order chi connectivity index (χ0) is 10.8. The van der Waals surface area contributed by atoms with Crippen LogP contribution in [0.3, 0.4) is 0 Å². The Morgan fingerprint density at radius 1 is 1.47 bits per heavy atom. The molecule has 0 radical (unpaired) electrons. The maximum atomic E-state index is 10.6. The van der Waals surface area contributed by atoms with Gasteiger partial charge in [-0.3, -0.25) is 4.79 Å².